The van der Waals surface area contributed by atoms with Gasteiger partial charge in [0.2, 0.25) is 5.91 Å². The first-order chi connectivity index (χ1) is 7.35. The second kappa shape index (κ2) is 4.85. The molecule has 0 aliphatic carbocycles. The molecule has 1 unspecified atom stereocenters. The van der Waals surface area contributed by atoms with Crippen LogP contribution in [0.1, 0.15) is 40.0 Å². The number of carbonyl (C=O) groups is 2. The highest BCUT2D eigenvalue weighted by Crippen LogP contribution is 2.25. The fraction of sp³-hybridized carbons (Fsp3) is 0.833. The number of esters is 1. The van der Waals surface area contributed by atoms with Crippen LogP contribution in [0, 0.1) is 5.41 Å². The molecule has 0 aromatic carbocycles. The Labute approximate surface area is 96.9 Å². The third-order valence-electron chi connectivity index (χ3n) is 2.73. The highest BCUT2D eigenvalue weighted by atomic mass is 16.5. The van der Waals surface area contributed by atoms with Crippen LogP contribution in [0.15, 0.2) is 0 Å². The summed E-state index contributed by atoms with van der Waals surface area (Å²) in [5.74, 6) is -0.236. The molecule has 0 aromatic rings. The highest BCUT2D eigenvalue weighted by Gasteiger charge is 2.35. The number of amides is 1. The summed E-state index contributed by atoms with van der Waals surface area (Å²) in [6.07, 6.45) is 2.08. The van der Waals surface area contributed by atoms with Gasteiger partial charge in [-0.15, -0.1) is 0 Å². The monoisotopic (exact) mass is 227 g/mol. The average Bonchev–Trinajstić information content (AvgIpc) is 2.62. The van der Waals surface area contributed by atoms with Crippen molar-refractivity contribution in [2.45, 2.75) is 46.1 Å². The maximum absolute atomic E-state index is 12.0. The van der Waals surface area contributed by atoms with Crippen LogP contribution >= 0.6 is 0 Å². The minimum absolute atomic E-state index is 0.0413. The molecule has 1 aliphatic rings. The zero-order valence-corrected chi connectivity index (χ0v) is 10.6. The second-order valence-corrected chi connectivity index (χ2v) is 5.51. The predicted molar refractivity (Wildman–Crippen MR) is 60.8 cm³/mol. The lowest BCUT2D eigenvalue weighted by Gasteiger charge is -2.26. The molecule has 0 N–H and O–H groups in total. The molecule has 0 spiro atoms. The maximum Gasteiger partial charge on any atom is 0.328 e. The van der Waals surface area contributed by atoms with Gasteiger partial charge in [-0.25, -0.2) is 4.79 Å². The van der Waals surface area contributed by atoms with Gasteiger partial charge in [0.25, 0.3) is 0 Å². The van der Waals surface area contributed by atoms with Crippen molar-refractivity contribution < 1.29 is 14.3 Å². The van der Waals surface area contributed by atoms with Crippen LogP contribution in [-0.4, -0.2) is 36.5 Å². The zero-order valence-electron chi connectivity index (χ0n) is 10.6. The van der Waals surface area contributed by atoms with Crippen molar-refractivity contribution in [1.82, 2.24) is 4.90 Å². The molecule has 1 aliphatic heterocycles. The number of likely N-dealkylation sites (tertiary alicyclic amines) is 1. The summed E-state index contributed by atoms with van der Waals surface area (Å²) in [5, 5.41) is 0. The van der Waals surface area contributed by atoms with Crippen molar-refractivity contribution in [2.24, 2.45) is 5.41 Å². The number of ether oxygens (including phenoxy) is 1. The van der Waals surface area contributed by atoms with Gasteiger partial charge in [0.05, 0.1) is 7.11 Å². The van der Waals surface area contributed by atoms with Crippen molar-refractivity contribution in [1.29, 1.82) is 0 Å². The molecule has 0 bridgehead atoms. The Hall–Kier alpha value is -1.06. The van der Waals surface area contributed by atoms with Crippen LogP contribution < -0.4 is 0 Å². The lowest BCUT2D eigenvalue weighted by molar-refractivity contribution is -0.151. The van der Waals surface area contributed by atoms with E-state index in [4.69, 9.17) is 4.74 Å². The third kappa shape index (κ3) is 3.22. The highest BCUT2D eigenvalue weighted by molar-refractivity contribution is 5.85. The van der Waals surface area contributed by atoms with E-state index in [1.165, 1.54) is 7.11 Å². The lowest BCUT2D eigenvalue weighted by atomic mass is 9.91. The van der Waals surface area contributed by atoms with Crippen LogP contribution in [0.2, 0.25) is 0 Å². The van der Waals surface area contributed by atoms with Gasteiger partial charge in [-0.05, 0) is 18.3 Å². The Kier molecular flexibility index (Phi) is 3.94. The first-order valence-electron chi connectivity index (χ1n) is 5.72. The number of nitrogens with zero attached hydrogens (tertiary/aromatic N) is 1. The standard InChI is InChI=1S/C12H21NO3/c1-12(2,3)8-10(14)13-7-5-6-9(13)11(15)16-4/h9H,5-8H2,1-4H3. The summed E-state index contributed by atoms with van der Waals surface area (Å²) < 4.78 is 4.71. The molecule has 1 rings (SSSR count). The van der Waals surface area contributed by atoms with E-state index < -0.39 is 0 Å². The van der Waals surface area contributed by atoms with Gasteiger partial charge in [-0.2, -0.15) is 0 Å². The SMILES string of the molecule is COC(=O)C1CCCN1C(=O)CC(C)(C)C. The Morgan fingerprint density at radius 3 is 2.50 bits per heavy atom. The quantitative estimate of drug-likeness (QED) is 0.673. The largest absolute Gasteiger partial charge is 0.467 e. The lowest BCUT2D eigenvalue weighted by Crippen LogP contribution is -2.42. The van der Waals surface area contributed by atoms with Gasteiger partial charge in [0.1, 0.15) is 6.04 Å². The normalized spacial score (nSPS) is 21.0. The van der Waals surface area contributed by atoms with E-state index in [-0.39, 0.29) is 23.3 Å². The smallest absolute Gasteiger partial charge is 0.328 e. The molecule has 1 atom stereocenters. The number of carbonyl (C=O) groups excluding carboxylic acids is 2. The van der Waals surface area contributed by atoms with Gasteiger partial charge in [0, 0.05) is 13.0 Å². The van der Waals surface area contributed by atoms with Gasteiger partial charge in [-0.3, -0.25) is 4.79 Å². The molecule has 1 fully saturated rings. The second-order valence-electron chi connectivity index (χ2n) is 5.51. The topological polar surface area (TPSA) is 46.6 Å². The molecule has 92 valence electrons. The van der Waals surface area contributed by atoms with Crippen molar-refractivity contribution in [3.05, 3.63) is 0 Å². The Morgan fingerprint density at radius 1 is 1.38 bits per heavy atom. The molecule has 0 saturated carbocycles. The predicted octanol–water partition coefficient (Wildman–Crippen LogP) is 1.59. The third-order valence-corrected chi connectivity index (χ3v) is 2.73. The van der Waals surface area contributed by atoms with Gasteiger partial charge < -0.3 is 9.64 Å². The van der Waals surface area contributed by atoms with E-state index in [0.717, 1.165) is 12.8 Å². The van der Waals surface area contributed by atoms with Crippen LogP contribution in [-0.2, 0) is 14.3 Å². The van der Waals surface area contributed by atoms with Crippen molar-refractivity contribution in [2.75, 3.05) is 13.7 Å². The van der Waals surface area contributed by atoms with Gasteiger partial charge >= 0.3 is 5.97 Å². The molecule has 1 saturated heterocycles. The summed E-state index contributed by atoms with van der Waals surface area (Å²) in [7, 11) is 1.37. The Bertz CT molecular complexity index is 280. The van der Waals surface area contributed by atoms with E-state index in [1.54, 1.807) is 4.90 Å². The Morgan fingerprint density at radius 2 is 2.00 bits per heavy atom. The fourth-order valence-corrected chi connectivity index (χ4v) is 2.00. The molecule has 4 nitrogen and oxygen atoms in total. The molecule has 1 amide bonds. The first kappa shape index (κ1) is 13.0. The minimum Gasteiger partial charge on any atom is -0.467 e. The summed E-state index contributed by atoms with van der Waals surface area (Å²) in [4.78, 5) is 25.2. The maximum atomic E-state index is 12.0. The van der Waals surface area contributed by atoms with E-state index in [9.17, 15) is 9.59 Å². The molecular weight excluding hydrogens is 206 g/mol. The first-order valence-corrected chi connectivity index (χ1v) is 5.72. The molecule has 0 radical (unpaired) electrons. The molecule has 16 heavy (non-hydrogen) atoms. The Balaban J connectivity index is 2.65. The number of rotatable bonds is 2. The number of methoxy groups -OCH3 is 1. The van der Waals surface area contributed by atoms with E-state index >= 15 is 0 Å². The molecule has 1 heterocycles. The van der Waals surface area contributed by atoms with E-state index in [1.807, 2.05) is 20.8 Å². The van der Waals surface area contributed by atoms with Gasteiger partial charge in [0.15, 0.2) is 0 Å². The van der Waals surface area contributed by atoms with E-state index in [0.29, 0.717) is 13.0 Å². The number of hydrogen-bond acceptors (Lipinski definition) is 3. The van der Waals surface area contributed by atoms with Crippen LogP contribution in [0.25, 0.3) is 0 Å². The van der Waals surface area contributed by atoms with Crippen molar-refractivity contribution >= 4 is 11.9 Å². The van der Waals surface area contributed by atoms with Crippen LogP contribution in [0.5, 0.6) is 0 Å². The minimum atomic E-state index is -0.361. The number of hydrogen-bond donors (Lipinski definition) is 0. The van der Waals surface area contributed by atoms with Crippen LogP contribution in [0.3, 0.4) is 0 Å². The van der Waals surface area contributed by atoms with Crippen molar-refractivity contribution in [3.8, 4) is 0 Å². The van der Waals surface area contributed by atoms with E-state index in [2.05, 4.69) is 0 Å². The van der Waals surface area contributed by atoms with Crippen molar-refractivity contribution in [3.63, 3.8) is 0 Å². The zero-order chi connectivity index (χ0) is 12.3. The fourth-order valence-electron chi connectivity index (χ4n) is 2.00. The summed E-state index contributed by atoms with van der Waals surface area (Å²) >= 11 is 0. The summed E-state index contributed by atoms with van der Waals surface area (Å²) in [6.45, 7) is 6.74. The molecule has 4 heteroatoms. The molecule has 0 aromatic heterocycles. The molecular formula is C12H21NO3. The summed E-state index contributed by atoms with van der Waals surface area (Å²) in [6, 6.07) is -0.361. The van der Waals surface area contributed by atoms with Gasteiger partial charge in [-0.1, -0.05) is 20.8 Å². The summed E-state index contributed by atoms with van der Waals surface area (Å²) in [5.41, 5.74) is -0.0413. The van der Waals surface area contributed by atoms with Crippen LogP contribution in [0.4, 0.5) is 0 Å². The average molecular weight is 227 g/mol.